The second-order valence-electron chi connectivity index (χ2n) is 5.34. The van der Waals surface area contributed by atoms with Gasteiger partial charge in [-0.15, -0.1) is 11.3 Å². The number of fused-ring (bicyclic) bond motifs is 1. The number of carbonyl (C=O) groups excluding carboxylic acids is 1. The van der Waals surface area contributed by atoms with Crippen molar-refractivity contribution < 1.29 is 9.18 Å². The molecule has 1 N–H and O–H groups in total. The molecular formula is C17H12FN5OS. The standard InChI is InChI=1S/C17H12FN5OS/c18-12-4-1-3-11(7-12)8-13-9-20-17(25-13)22-16(24)14-10-21-23-6-2-5-19-15(14)23/h1-7,9-10H,8H2,(H,20,22,24). The number of rotatable bonds is 4. The second-order valence-corrected chi connectivity index (χ2v) is 6.45. The Balaban J connectivity index is 1.50. The third-order valence-corrected chi connectivity index (χ3v) is 4.48. The summed E-state index contributed by atoms with van der Waals surface area (Å²) in [5.41, 5.74) is 1.72. The molecule has 0 unspecified atom stereocenters. The molecule has 0 saturated heterocycles. The van der Waals surface area contributed by atoms with Crippen LogP contribution in [0.2, 0.25) is 0 Å². The molecule has 0 saturated carbocycles. The van der Waals surface area contributed by atoms with Crippen molar-refractivity contribution in [1.29, 1.82) is 0 Å². The molecule has 4 aromatic rings. The quantitative estimate of drug-likeness (QED) is 0.612. The average molecular weight is 353 g/mol. The maximum Gasteiger partial charge on any atom is 0.262 e. The fourth-order valence-electron chi connectivity index (χ4n) is 2.45. The Morgan fingerprint density at radius 2 is 2.16 bits per heavy atom. The summed E-state index contributed by atoms with van der Waals surface area (Å²) in [6.45, 7) is 0. The Labute approximate surface area is 146 Å². The summed E-state index contributed by atoms with van der Waals surface area (Å²) in [4.78, 5) is 21.7. The summed E-state index contributed by atoms with van der Waals surface area (Å²) in [5.74, 6) is -0.587. The molecule has 25 heavy (non-hydrogen) atoms. The van der Waals surface area contributed by atoms with Crippen LogP contribution in [0.3, 0.4) is 0 Å². The van der Waals surface area contributed by atoms with Crippen LogP contribution in [-0.2, 0) is 6.42 Å². The van der Waals surface area contributed by atoms with Crippen LogP contribution in [0.1, 0.15) is 20.8 Å². The minimum Gasteiger partial charge on any atom is -0.298 e. The fraction of sp³-hybridized carbons (Fsp3) is 0.0588. The summed E-state index contributed by atoms with van der Waals surface area (Å²) in [7, 11) is 0. The van der Waals surface area contributed by atoms with Crippen molar-refractivity contribution in [3.05, 3.63) is 76.9 Å². The molecule has 0 radical (unpaired) electrons. The highest BCUT2D eigenvalue weighted by Crippen LogP contribution is 2.22. The number of thiazole rings is 1. The molecule has 1 amide bonds. The van der Waals surface area contributed by atoms with Gasteiger partial charge >= 0.3 is 0 Å². The van der Waals surface area contributed by atoms with E-state index < -0.39 is 0 Å². The Bertz CT molecular complexity index is 1060. The zero-order valence-electron chi connectivity index (χ0n) is 12.9. The van der Waals surface area contributed by atoms with Crippen LogP contribution in [0.5, 0.6) is 0 Å². The van der Waals surface area contributed by atoms with E-state index in [4.69, 9.17) is 0 Å². The van der Waals surface area contributed by atoms with Gasteiger partial charge in [0.15, 0.2) is 10.8 Å². The maximum absolute atomic E-state index is 13.2. The Hall–Kier alpha value is -3.13. The Kier molecular flexibility index (Phi) is 3.95. The van der Waals surface area contributed by atoms with Crippen LogP contribution in [0.15, 0.2) is 55.1 Å². The van der Waals surface area contributed by atoms with E-state index >= 15 is 0 Å². The minimum atomic E-state index is -0.319. The molecular weight excluding hydrogens is 341 g/mol. The van der Waals surface area contributed by atoms with Gasteiger partial charge in [-0.3, -0.25) is 10.1 Å². The lowest BCUT2D eigenvalue weighted by Gasteiger charge is -1.99. The fourth-order valence-corrected chi connectivity index (χ4v) is 3.29. The molecule has 0 aliphatic rings. The molecule has 0 aliphatic heterocycles. The number of hydrogen-bond donors (Lipinski definition) is 1. The first-order chi connectivity index (χ1) is 12.2. The summed E-state index contributed by atoms with van der Waals surface area (Å²) in [6, 6.07) is 8.16. The molecule has 0 atom stereocenters. The first-order valence-corrected chi connectivity index (χ1v) is 8.29. The van der Waals surface area contributed by atoms with E-state index in [2.05, 4.69) is 20.4 Å². The average Bonchev–Trinajstić information content (AvgIpc) is 3.21. The van der Waals surface area contributed by atoms with Crippen molar-refractivity contribution in [3.63, 3.8) is 0 Å². The highest BCUT2D eigenvalue weighted by atomic mass is 32.1. The van der Waals surface area contributed by atoms with Crippen molar-refractivity contribution in [2.45, 2.75) is 6.42 Å². The number of nitrogens with one attached hydrogen (secondary N) is 1. The van der Waals surface area contributed by atoms with E-state index in [9.17, 15) is 9.18 Å². The molecule has 1 aromatic carbocycles. The van der Waals surface area contributed by atoms with Gasteiger partial charge in [-0.1, -0.05) is 12.1 Å². The molecule has 3 aromatic heterocycles. The van der Waals surface area contributed by atoms with Crippen LogP contribution < -0.4 is 5.32 Å². The van der Waals surface area contributed by atoms with Crippen molar-refractivity contribution in [2.24, 2.45) is 0 Å². The predicted molar refractivity (Wildman–Crippen MR) is 92.3 cm³/mol. The van der Waals surface area contributed by atoms with E-state index in [1.807, 2.05) is 6.07 Å². The molecule has 3 heterocycles. The van der Waals surface area contributed by atoms with Gasteiger partial charge in [0.2, 0.25) is 0 Å². The number of halogens is 1. The molecule has 124 valence electrons. The van der Waals surface area contributed by atoms with Gasteiger partial charge in [-0.2, -0.15) is 5.10 Å². The number of benzene rings is 1. The van der Waals surface area contributed by atoms with Crippen molar-refractivity contribution >= 4 is 28.0 Å². The van der Waals surface area contributed by atoms with Gasteiger partial charge < -0.3 is 0 Å². The van der Waals surface area contributed by atoms with Crippen LogP contribution >= 0.6 is 11.3 Å². The largest absolute Gasteiger partial charge is 0.298 e. The first kappa shape index (κ1) is 15.4. The zero-order valence-corrected chi connectivity index (χ0v) is 13.7. The molecule has 0 spiro atoms. The maximum atomic E-state index is 13.2. The molecule has 0 fully saturated rings. The number of amides is 1. The highest BCUT2D eigenvalue weighted by Gasteiger charge is 2.15. The highest BCUT2D eigenvalue weighted by molar-refractivity contribution is 7.15. The molecule has 0 aliphatic carbocycles. The lowest BCUT2D eigenvalue weighted by atomic mass is 10.1. The van der Waals surface area contributed by atoms with E-state index in [-0.39, 0.29) is 11.7 Å². The number of nitrogens with zero attached hydrogens (tertiary/aromatic N) is 4. The topological polar surface area (TPSA) is 72.2 Å². The van der Waals surface area contributed by atoms with Gasteiger partial charge in [0.25, 0.3) is 5.91 Å². The van der Waals surface area contributed by atoms with Crippen LogP contribution in [-0.4, -0.2) is 25.5 Å². The Morgan fingerprint density at radius 3 is 3.04 bits per heavy atom. The lowest BCUT2D eigenvalue weighted by molar-refractivity contribution is 0.102. The third-order valence-electron chi connectivity index (χ3n) is 3.57. The van der Waals surface area contributed by atoms with Crippen LogP contribution in [0.25, 0.3) is 5.65 Å². The first-order valence-electron chi connectivity index (χ1n) is 7.48. The Morgan fingerprint density at radius 1 is 1.24 bits per heavy atom. The van der Waals surface area contributed by atoms with E-state index in [1.165, 1.54) is 34.2 Å². The molecule has 6 nitrogen and oxygen atoms in total. The predicted octanol–water partition coefficient (Wildman–Crippen LogP) is 3.17. The van der Waals surface area contributed by atoms with Gasteiger partial charge in [0.1, 0.15) is 11.4 Å². The van der Waals surface area contributed by atoms with Gasteiger partial charge in [0, 0.05) is 29.9 Å². The monoisotopic (exact) mass is 353 g/mol. The van der Waals surface area contributed by atoms with Crippen molar-refractivity contribution in [3.8, 4) is 0 Å². The summed E-state index contributed by atoms with van der Waals surface area (Å²) < 4.78 is 14.8. The van der Waals surface area contributed by atoms with Gasteiger partial charge in [-0.25, -0.2) is 18.9 Å². The minimum absolute atomic E-state index is 0.267. The number of carbonyl (C=O) groups is 1. The number of aromatic nitrogens is 4. The van der Waals surface area contributed by atoms with E-state index in [0.29, 0.717) is 22.8 Å². The SMILES string of the molecule is O=C(Nc1ncc(Cc2cccc(F)c2)s1)c1cnn2cccnc12. The third kappa shape index (κ3) is 3.24. The number of anilines is 1. The van der Waals surface area contributed by atoms with Crippen molar-refractivity contribution in [1.82, 2.24) is 19.6 Å². The number of hydrogen-bond acceptors (Lipinski definition) is 5. The summed E-state index contributed by atoms with van der Waals surface area (Å²) >= 11 is 1.35. The summed E-state index contributed by atoms with van der Waals surface area (Å²) in [6.07, 6.45) is 7.04. The van der Waals surface area contributed by atoms with E-state index in [0.717, 1.165) is 10.4 Å². The lowest BCUT2D eigenvalue weighted by Crippen LogP contribution is -2.11. The normalized spacial score (nSPS) is 10.9. The van der Waals surface area contributed by atoms with Crippen LogP contribution in [0, 0.1) is 5.82 Å². The van der Waals surface area contributed by atoms with Gasteiger partial charge in [0.05, 0.1) is 6.20 Å². The molecule has 4 rings (SSSR count). The summed E-state index contributed by atoms with van der Waals surface area (Å²) in [5, 5.41) is 7.32. The zero-order chi connectivity index (χ0) is 17.2. The van der Waals surface area contributed by atoms with Gasteiger partial charge in [-0.05, 0) is 23.8 Å². The smallest absolute Gasteiger partial charge is 0.262 e. The van der Waals surface area contributed by atoms with Crippen LogP contribution in [0.4, 0.5) is 9.52 Å². The molecule has 8 heteroatoms. The molecule has 0 bridgehead atoms. The van der Waals surface area contributed by atoms with E-state index in [1.54, 1.807) is 30.7 Å². The van der Waals surface area contributed by atoms with Crippen molar-refractivity contribution in [2.75, 3.05) is 5.32 Å². The second kappa shape index (κ2) is 6.40.